The summed E-state index contributed by atoms with van der Waals surface area (Å²) in [6.07, 6.45) is 4.53. The number of carboxylic acids is 1. The van der Waals surface area contributed by atoms with Crippen LogP contribution in [-0.2, 0) is 4.79 Å². The van der Waals surface area contributed by atoms with Crippen molar-refractivity contribution < 1.29 is 18.7 Å². The number of halogens is 3. The highest BCUT2D eigenvalue weighted by molar-refractivity contribution is 6.32. The third-order valence-corrected chi connectivity index (χ3v) is 6.20. The summed E-state index contributed by atoms with van der Waals surface area (Å²) in [7, 11) is 0. The van der Waals surface area contributed by atoms with Crippen LogP contribution < -0.4 is 0 Å². The molecule has 0 atom stereocenters. The molecule has 1 heterocycles. The number of aromatic nitrogens is 2. The van der Waals surface area contributed by atoms with Crippen molar-refractivity contribution in [3.05, 3.63) is 106 Å². The van der Waals surface area contributed by atoms with E-state index in [9.17, 15) is 13.6 Å². The van der Waals surface area contributed by atoms with Gasteiger partial charge in [-0.15, -0.1) is 0 Å². The average molecular weight is 477 g/mol. The molecular weight excluding hydrogens is 458 g/mol. The predicted octanol–water partition coefficient (Wildman–Crippen LogP) is 6.96. The van der Waals surface area contributed by atoms with Gasteiger partial charge in [0, 0.05) is 6.08 Å². The minimum Gasteiger partial charge on any atom is -0.478 e. The molecule has 1 aliphatic rings. The quantitative estimate of drug-likeness (QED) is 0.233. The number of aromatic amines is 1. The van der Waals surface area contributed by atoms with E-state index in [1.165, 1.54) is 18.2 Å². The summed E-state index contributed by atoms with van der Waals surface area (Å²) in [5.41, 5.74) is 5.47. The number of H-pyrrole nitrogens is 1. The molecule has 0 unspecified atom stereocenters. The maximum Gasteiger partial charge on any atom is 0.328 e. The number of allylic oxidation sites excluding steroid dienone is 1. The molecule has 0 saturated heterocycles. The summed E-state index contributed by atoms with van der Waals surface area (Å²) < 4.78 is 28.2. The zero-order valence-corrected chi connectivity index (χ0v) is 18.6. The van der Waals surface area contributed by atoms with Gasteiger partial charge < -0.3 is 5.11 Å². The molecule has 34 heavy (non-hydrogen) atoms. The maximum atomic E-state index is 14.3. The van der Waals surface area contributed by atoms with Crippen LogP contribution in [0.15, 0.2) is 66.7 Å². The molecular formula is C27H19ClF2N2O2. The Morgan fingerprint density at radius 1 is 1.03 bits per heavy atom. The second-order valence-corrected chi connectivity index (χ2v) is 8.66. The molecule has 1 fully saturated rings. The van der Waals surface area contributed by atoms with Crippen LogP contribution in [0.1, 0.15) is 35.1 Å². The Labute approximate surface area is 199 Å². The van der Waals surface area contributed by atoms with Crippen LogP contribution in [0.2, 0.25) is 5.02 Å². The van der Waals surface area contributed by atoms with Gasteiger partial charge in [-0.25, -0.2) is 9.18 Å². The second-order valence-electron chi connectivity index (χ2n) is 8.25. The molecule has 1 saturated carbocycles. The lowest BCUT2D eigenvalue weighted by atomic mass is 9.86. The van der Waals surface area contributed by atoms with E-state index in [0.29, 0.717) is 15.9 Å². The highest BCUT2D eigenvalue weighted by atomic mass is 35.5. The third-order valence-electron chi connectivity index (χ3n) is 5.89. The zero-order chi connectivity index (χ0) is 23.8. The topological polar surface area (TPSA) is 66.0 Å². The Morgan fingerprint density at radius 2 is 1.76 bits per heavy atom. The predicted molar refractivity (Wildman–Crippen MR) is 129 cm³/mol. The summed E-state index contributed by atoms with van der Waals surface area (Å²) >= 11 is 6.50. The molecule has 2 N–H and O–H groups in total. The maximum absolute atomic E-state index is 14.3. The van der Waals surface area contributed by atoms with Crippen LogP contribution in [0.4, 0.5) is 8.78 Å². The standard InChI is InChI=1S/C27H19ClF2N2O2/c28-22-14-19(29)9-10-20(22)26(17-6-7-17)25(16-4-1-15(2-5-16)3-12-24(33)34)18-8-11-23-21(13-18)27(30)32-31-23/h1-5,8-14,17H,6-7H2,(H,31,32)(H,33,34)/b12-3+,26-25+. The van der Waals surface area contributed by atoms with Gasteiger partial charge in [0.05, 0.1) is 15.9 Å². The van der Waals surface area contributed by atoms with Crippen molar-refractivity contribution >= 4 is 45.7 Å². The van der Waals surface area contributed by atoms with Gasteiger partial charge in [-0.2, -0.15) is 9.49 Å². The van der Waals surface area contributed by atoms with Gasteiger partial charge in [0.15, 0.2) is 0 Å². The SMILES string of the molecule is O=C(O)/C=C/c1ccc(/C(=C(\c2ccc(F)cc2Cl)C2CC2)c2ccc3n[nH]c(F)c3c2)cc1. The van der Waals surface area contributed by atoms with Gasteiger partial charge in [-0.05, 0) is 82.5 Å². The Balaban J connectivity index is 1.75. The summed E-state index contributed by atoms with van der Waals surface area (Å²) in [6, 6.07) is 17.2. The van der Waals surface area contributed by atoms with Crippen molar-refractivity contribution in [2.75, 3.05) is 0 Å². The van der Waals surface area contributed by atoms with Gasteiger partial charge in [0.2, 0.25) is 5.95 Å². The number of hydrogen-bond acceptors (Lipinski definition) is 2. The number of aliphatic carboxylic acids is 1. The Morgan fingerprint density at radius 3 is 2.44 bits per heavy atom. The van der Waals surface area contributed by atoms with E-state index in [2.05, 4.69) is 10.2 Å². The monoisotopic (exact) mass is 476 g/mol. The van der Waals surface area contributed by atoms with E-state index in [-0.39, 0.29) is 5.92 Å². The molecule has 0 aliphatic heterocycles. The number of benzene rings is 3. The summed E-state index contributed by atoms with van der Waals surface area (Å²) in [6.45, 7) is 0. The normalized spacial score (nSPS) is 14.6. The Bertz CT molecular complexity index is 1470. The first-order valence-corrected chi connectivity index (χ1v) is 11.1. The fourth-order valence-corrected chi connectivity index (χ4v) is 4.45. The number of carbonyl (C=O) groups is 1. The molecule has 3 aromatic carbocycles. The van der Waals surface area contributed by atoms with Crippen LogP contribution in [0.25, 0.3) is 28.1 Å². The number of hydrogen-bond donors (Lipinski definition) is 2. The van der Waals surface area contributed by atoms with Crippen molar-refractivity contribution in [3.8, 4) is 0 Å². The first-order chi connectivity index (χ1) is 16.4. The molecule has 4 aromatic rings. The molecule has 0 bridgehead atoms. The van der Waals surface area contributed by atoms with Crippen LogP contribution in [-0.4, -0.2) is 21.3 Å². The van der Waals surface area contributed by atoms with Gasteiger partial charge in [-0.1, -0.05) is 48.0 Å². The number of nitrogens with one attached hydrogen (secondary N) is 1. The molecule has 1 aromatic heterocycles. The van der Waals surface area contributed by atoms with E-state index in [1.807, 2.05) is 30.3 Å². The van der Waals surface area contributed by atoms with E-state index in [1.54, 1.807) is 18.2 Å². The second kappa shape index (κ2) is 8.88. The van der Waals surface area contributed by atoms with Crippen LogP contribution in [0, 0.1) is 17.7 Å². The first kappa shape index (κ1) is 22.0. The number of nitrogens with zero attached hydrogens (tertiary/aromatic N) is 1. The third kappa shape index (κ3) is 4.37. The molecule has 5 rings (SSSR count). The lowest BCUT2D eigenvalue weighted by molar-refractivity contribution is -0.131. The van der Waals surface area contributed by atoms with Crippen molar-refractivity contribution in [2.45, 2.75) is 12.8 Å². The smallest absolute Gasteiger partial charge is 0.328 e. The molecule has 1 aliphatic carbocycles. The molecule has 7 heteroatoms. The first-order valence-electron chi connectivity index (χ1n) is 10.8. The van der Waals surface area contributed by atoms with Crippen molar-refractivity contribution in [2.24, 2.45) is 5.92 Å². The Kier molecular flexibility index (Phi) is 5.75. The number of rotatable bonds is 6. The molecule has 0 amide bonds. The van der Waals surface area contributed by atoms with Crippen LogP contribution in [0.5, 0.6) is 0 Å². The summed E-state index contributed by atoms with van der Waals surface area (Å²) in [5.74, 6) is -1.73. The molecule has 4 nitrogen and oxygen atoms in total. The van der Waals surface area contributed by atoms with Crippen LogP contribution in [0.3, 0.4) is 0 Å². The van der Waals surface area contributed by atoms with E-state index in [4.69, 9.17) is 16.7 Å². The van der Waals surface area contributed by atoms with Gasteiger partial charge >= 0.3 is 5.97 Å². The van der Waals surface area contributed by atoms with E-state index < -0.39 is 17.7 Å². The molecule has 0 radical (unpaired) electrons. The average Bonchev–Trinajstić information content (AvgIpc) is 3.59. The molecule has 0 spiro atoms. The number of carboxylic acid groups (broad SMARTS) is 1. The van der Waals surface area contributed by atoms with Crippen molar-refractivity contribution in [1.29, 1.82) is 0 Å². The minimum absolute atomic E-state index is 0.231. The van der Waals surface area contributed by atoms with Crippen molar-refractivity contribution in [1.82, 2.24) is 10.2 Å². The van der Waals surface area contributed by atoms with Gasteiger partial charge in [0.25, 0.3) is 0 Å². The largest absolute Gasteiger partial charge is 0.478 e. The lowest BCUT2D eigenvalue weighted by Gasteiger charge is -2.18. The number of fused-ring (bicyclic) bond motifs is 1. The van der Waals surface area contributed by atoms with E-state index in [0.717, 1.165) is 52.3 Å². The lowest BCUT2D eigenvalue weighted by Crippen LogP contribution is -1.99. The van der Waals surface area contributed by atoms with E-state index >= 15 is 0 Å². The Hall–Kier alpha value is -3.77. The van der Waals surface area contributed by atoms with Crippen molar-refractivity contribution in [3.63, 3.8) is 0 Å². The van der Waals surface area contributed by atoms with Gasteiger partial charge in [0.1, 0.15) is 5.82 Å². The highest BCUT2D eigenvalue weighted by Crippen LogP contribution is 2.49. The minimum atomic E-state index is -1.03. The highest BCUT2D eigenvalue weighted by Gasteiger charge is 2.32. The summed E-state index contributed by atoms with van der Waals surface area (Å²) in [4.78, 5) is 10.9. The zero-order valence-electron chi connectivity index (χ0n) is 17.9. The van der Waals surface area contributed by atoms with Crippen LogP contribution >= 0.6 is 11.6 Å². The fourth-order valence-electron chi connectivity index (χ4n) is 4.18. The summed E-state index contributed by atoms with van der Waals surface area (Å²) in [5, 5.41) is 15.9. The fraction of sp³-hybridized carbons (Fsp3) is 0.111. The molecule has 170 valence electrons. The van der Waals surface area contributed by atoms with Gasteiger partial charge in [-0.3, -0.25) is 5.10 Å².